The molecule has 1 heterocycles. The minimum Gasteiger partial charge on any atom is -0.336 e. The van der Waals surface area contributed by atoms with Gasteiger partial charge in [-0.05, 0) is 12.1 Å². The summed E-state index contributed by atoms with van der Waals surface area (Å²) in [6.45, 7) is 0.146. The van der Waals surface area contributed by atoms with Crippen LogP contribution in [0, 0.1) is 11.6 Å². The van der Waals surface area contributed by atoms with Crippen LogP contribution in [0.15, 0.2) is 12.1 Å². The second kappa shape index (κ2) is 3.66. The predicted octanol–water partition coefficient (Wildman–Crippen LogP) is 1.97. The van der Waals surface area contributed by atoms with Crippen molar-refractivity contribution in [2.75, 3.05) is 6.54 Å². The number of carbonyl (C=O) groups excluding carboxylic acids is 1. The normalized spacial score (nSPS) is 19.9. The van der Waals surface area contributed by atoms with E-state index in [1.165, 1.54) is 0 Å². The van der Waals surface area contributed by atoms with E-state index in [-0.39, 0.29) is 17.1 Å². The summed E-state index contributed by atoms with van der Waals surface area (Å²) in [5.41, 5.74) is -0.208. The molecule has 0 saturated carbocycles. The number of hydrogen-bond acceptors (Lipinski definition) is 1. The highest BCUT2D eigenvalue weighted by atomic mass is 35.5. The monoisotopic (exact) mass is 232 g/mol. The van der Waals surface area contributed by atoms with E-state index < -0.39 is 23.7 Å². The van der Waals surface area contributed by atoms with Crippen molar-refractivity contribution in [1.82, 2.24) is 10.6 Å². The third-order valence-electron chi connectivity index (χ3n) is 2.20. The van der Waals surface area contributed by atoms with Gasteiger partial charge in [-0.1, -0.05) is 11.6 Å². The zero-order chi connectivity index (χ0) is 11.0. The maximum Gasteiger partial charge on any atom is 0.315 e. The van der Waals surface area contributed by atoms with Gasteiger partial charge in [-0.25, -0.2) is 13.6 Å². The first-order chi connectivity index (χ1) is 7.09. The Balaban J connectivity index is 2.43. The average Bonchev–Trinajstić information content (AvgIpc) is 2.59. The van der Waals surface area contributed by atoms with Crippen LogP contribution in [0.1, 0.15) is 11.6 Å². The molecule has 0 aliphatic carbocycles. The third-order valence-corrected chi connectivity index (χ3v) is 2.49. The number of rotatable bonds is 1. The highest BCUT2D eigenvalue weighted by Gasteiger charge is 2.28. The Bertz CT molecular complexity index is 425. The fourth-order valence-electron chi connectivity index (χ4n) is 1.49. The Labute approximate surface area is 89.4 Å². The van der Waals surface area contributed by atoms with E-state index in [2.05, 4.69) is 10.6 Å². The molecule has 2 N–H and O–H groups in total. The fraction of sp³-hybridized carbons (Fsp3) is 0.222. The van der Waals surface area contributed by atoms with Gasteiger partial charge in [-0.2, -0.15) is 0 Å². The number of carbonyl (C=O) groups is 1. The van der Waals surface area contributed by atoms with Gasteiger partial charge >= 0.3 is 6.03 Å². The van der Waals surface area contributed by atoms with Crippen LogP contribution in [-0.4, -0.2) is 12.6 Å². The molecule has 15 heavy (non-hydrogen) atoms. The van der Waals surface area contributed by atoms with Gasteiger partial charge in [-0.3, -0.25) is 0 Å². The number of hydrogen-bond donors (Lipinski definition) is 2. The Morgan fingerprint density at radius 3 is 2.73 bits per heavy atom. The van der Waals surface area contributed by atoms with E-state index in [0.717, 1.165) is 12.1 Å². The van der Waals surface area contributed by atoms with Crippen molar-refractivity contribution in [2.24, 2.45) is 0 Å². The van der Waals surface area contributed by atoms with Crippen LogP contribution in [0.4, 0.5) is 13.6 Å². The number of benzene rings is 1. The van der Waals surface area contributed by atoms with Gasteiger partial charge in [-0.15, -0.1) is 0 Å². The van der Waals surface area contributed by atoms with E-state index in [1.807, 2.05) is 0 Å². The van der Waals surface area contributed by atoms with Crippen molar-refractivity contribution in [3.63, 3.8) is 0 Å². The lowest BCUT2D eigenvalue weighted by molar-refractivity contribution is 0.247. The van der Waals surface area contributed by atoms with Gasteiger partial charge in [0.15, 0.2) is 0 Å². The lowest BCUT2D eigenvalue weighted by Crippen LogP contribution is -2.22. The summed E-state index contributed by atoms with van der Waals surface area (Å²) >= 11 is 5.53. The molecule has 1 atom stereocenters. The molecule has 3 nitrogen and oxygen atoms in total. The molecule has 0 aromatic heterocycles. The molecule has 1 saturated heterocycles. The molecule has 0 unspecified atom stereocenters. The van der Waals surface area contributed by atoms with Gasteiger partial charge < -0.3 is 10.6 Å². The van der Waals surface area contributed by atoms with E-state index in [9.17, 15) is 13.6 Å². The predicted molar refractivity (Wildman–Crippen MR) is 50.6 cm³/mol. The van der Waals surface area contributed by atoms with Crippen LogP contribution in [0.3, 0.4) is 0 Å². The highest BCUT2D eigenvalue weighted by molar-refractivity contribution is 6.30. The first kappa shape index (κ1) is 10.2. The Hall–Kier alpha value is -1.36. The molecule has 1 fully saturated rings. The summed E-state index contributed by atoms with van der Waals surface area (Å²) < 4.78 is 26.8. The van der Waals surface area contributed by atoms with Crippen LogP contribution in [-0.2, 0) is 0 Å². The molecule has 2 rings (SSSR count). The fourth-order valence-corrected chi connectivity index (χ4v) is 1.66. The first-order valence-corrected chi connectivity index (χ1v) is 4.65. The second-order valence-corrected chi connectivity index (χ2v) is 3.57. The molecule has 1 aromatic carbocycles. The van der Waals surface area contributed by atoms with E-state index in [1.54, 1.807) is 0 Å². The Morgan fingerprint density at radius 2 is 2.13 bits per heavy atom. The Kier molecular flexibility index (Phi) is 2.48. The summed E-state index contributed by atoms with van der Waals surface area (Å²) in [6, 6.07) is 1.06. The van der Waals surface area contributed by atoms with Crippen molar-refractivity contribution in [1.29, 1.82) is 0 Å². The molecule has 1 aliphatic heterocycles. The molecule has 2 amide bonds. The molecule has 80 valence electrons. The van der Waals surface area contributed by atoms with E-state index >= 15 is 0 Å². The molecule has 0 bridgehead atoms. The van der Waals surface area contributed by atoms with Gasteiger partial charge in [0.1, 0.15) is 11.6 Å². The SMILES string of the molecule is O=C1NC[C@H](c2c(F)ccc(Cl)c2F)N1. The molecule has 6 heteroatoms. The quantitative estimate of drug-likeness (QED) is 0.715. The van der Waals surface area contributed by atoms with Crippen molar-refractivity contribution < 1.29 is 13.6 Å². The molecule has 1 aliphatic rings. The largest absolute Gasteiger partial charge is 0.336 e. The number of amides is 2. The van der Waals surface area contributed by atoms with Crippen LogP contribution in [0.25, 0.3) is 0 Å². The van der Waals surface area contributed by atoms with Crippen molar-refractivity contribution >= 4 is 17.6 Å². The molecule has 1 aromatic rings. The van der Waals surface area contributed by atoms with E-state index in [4.69, 9.17) is 11.6 Å². The summed E-state index contributed by atoms with van der Waals surface area (Å²) in [5.74, 6) is -1.54. The average molecular weight is 233 g/mol. The molecule has 0 radical (unpaired) electrons. The van der Waals surface area contributed by atoms with Crippen molar-refractivity contribution in [3.05, 3.63) is 34.4 Å². The molecule has 0 spiro atoms. The Morgan fingerprint density at radius 1 is 1.40 bits per heavy atom. The third kappa shape index (κ3) is 1.74. The van der Waals surface area contributed by atoms with Gasteiger partial charge in [0.05, 0.1) is 11.1 Å². The summed E-state index contributed by atoms with van der Waals surface area (Å²) in [6.07, 6.45) is 0. The number of urea groups is 1. The van der Waals surface area contributed by atoms with Crippen LogP contribution < -0.4 is 10.6 Å². The number of halogens is 3. The standard InChI is InChI=1S/C9H7ClF2N2O/c10-4-1-2-5(11)7(8(4)12)6-3-13-9(15)14-6/h1-2,6H,3H2,(H2,13,14,15)/t6-/m1/s1. The lowest BCUT2D eigenvalue weighted by Gasteiger charge is -2.11. The lowest BCUT2D eigenvalue weighted by atomic mass is 10.1. The first-order valence-electron chi connectivity index (χ1n) is 4.27. The minimum atomic E-state index is -0.828. The van der Waals surface area contributed by atoms with E-state index in [0.29, 0.717) is 0 Å². The molecular weight excluding hydrogens is 226 g/mol. The van der Waals surface area contributed by atoms with Gasteiger partial charge in [0.2, 0.25) is 0 Å². The number of nitrogens with one attached hydrogen (secondary N) is 2. The second-order valence-electron chi connectivity index (χ2n) is 3.16. The maximum absolute atomic E-state index is 13.5. The maximum atomic E-state index is 13.5. The minimum absolute atomic E-state index is 0.146. The highest BCUT2D eigenvalue weighted by Crippen LogP contribution is 2.27. The summed E-state index contributed by atoms with van der Waals surface area (Å²) in [5, 5.41) is 4.65. The summed E-state index contributed by atoms with van der Waals surface area (Å²) in [4.78, 5) is 10.8. The summed E-state index contributed by atoms with van der Waals surface area (Å²) in [7, 11) is 0. The zero-order valence-corrected chi connectivity index (χ0v) is 8.24. The topological polar surface area (TPSA) is 41.1 Å². The van der Waals surface area contributed by atoms with Crippen LogP contribution in [0.5, 0.6) is 0 Å². The van der Waals surface area contributed by atoms with Crippen LogP contribution in [0.2, 0.25) is 5.02 Å². The van der Waals surface area contributed by atoms with Crippen molar-refractivity contribution in [3.8, 4) is 0 Å². The molecular formula is C9H7ClF2N2O. The smallest absolute Gasteiger partial charge is 0.315 e. The van der Waals surface area contributed by atoms with Crippen molar-refractivity contribution in [2.45, 2.75) is 6.04 Å². The van der Waals surface area contributed by atoms with Crippen LogP contribution >= 0.6 is 11.6 Å². The zero-order valence-electron chi connectivity index (χ0n) is 7.48. The van der Waals surface area contributed by atoms with Gasteiger partial charge in [0, 0.05) is 12.1 Å². The van der Waals surface area contributed by atoms with Gasteiger partial charge in [0.25, 0.3) is 0 Å².